The molecule has 94 valence electrons. The Morgan fingerprint density at radius 2 is 2.35 bits per heavy atom. The maximum absolute atomic E-state index is 11.7. The van der Waals surface area contributed by atoms with E-state index in [1.807, 2.05) is 0 Å². The molecule has 1 amide bonds. The molecule has 17 heavy (non-hydrogen) atoms. The second kappa shape index (κ2) is 7.59. The van der Waals surface area contributed by atoms with Gasteiger partial charge in [0.2, 0.25) is 5.88 Å². The quantitative estimate of drug-likeness (QED) is 0.643. The molecule has 0 unspecified atom stereocenters. The molecule has 0 fully saturated rings. The van der Waals surface area contributed by atoms with E-state index in [4.69, 9.17) is 15.2 Å². The van der Waals surface area contributed by atoms with Crippen LogP contribution in [0.3, 0.4) is 0 Å². The fraction of sp³-hybridized carbons (Fsp3) is 0.455. The van der Waals surface area contributed by atoms with Crippen LogP contribution in [0.25, 0.3) is 0 Å². The minimum Gasteiger partial charge on any atom is -0.480 e. The normalized spacial score (nSPS) is 10.0. The molecule has 0 aromatic carbocycles. The number of carbonyl (C=O) groups excluding carboxylic acids is 1. The van der Waals surface area contributed by atoms with E-state index in [1.165, 1.54) is 7.11 Å². The molecule has 0 aliphatic heterocycles. The molecule has 0 saturated heterocycles. The molecule has 1 heterocycles. The number of carbonyl (C=O) groups is 1. The van der Waals surface area contributed by atoms with E-state index in [0.717, 1.165) is 0 Å². The fourth-order valence-electron chi connectivity index (χ4n) is 1.24. The zero-order valence-electron chi connectivity index (χ0n) is 9.81. The molecule has 0 aliphatic rings. The lowest BCUT2D eigenvalue weighted by Crippen LogP contribution is -2.28. The number of hydrogen-bond acceptors (Lipinski definition) is 5. The fourth-order valence-corrected chi connectivity index (χ4v) is 1.24. The van der Waals surface area contributed by atoms with Crippen LogP contribution in [0.15, 0.2) is 18.3 Å². The summed E-state index contributed by atoms with van der Waals surface area (Å²) in [5.74, 6) is 0.0826. The van der Waals surface area contributed by atoms with Crippen LogP contribution in [-0.2, 0) is 4.74 Å². The molecule has 1 aromatic heterocycles. The van der Waals surface area contributed by atoms with Crippen molar-refractivity contribution in [2.24, 2.45) is 5.73 Å². The van der Waals surface area contributed by atoms with Gasteiger partial charge in [0, 0.05) is 19.3 Å². The highest BCUT2D eigenvalue weighted by Gasteiger charge is 2.11. The molecule has 1 rings (SSSR count). The first-order valence-corrected chi connectivity index (χ1v) is 5.34. The first-order chi connectivity index (χ1) is 8.29. The van der Waals surface area contributed by atoms with E-state index in [9.17, 15) is 4.79 Å². The summed E-state index contributed by atoms with van der Waals surface area (Å²) in [7, 11) is 1.48. The van der Waals surface area contributed by atoms with Crippen LogP contribution < -0.4 is 15.8 Å². The maximum atomic E-state index is 11.7. The lowest BCUT2D eigenvalue weighted by atomic mass is 10.2. The van der Waals surface area contributed by atoms with E-state index < -0.39 is 0 Å². The van der Waals surface area contributed by atoms with E-state index in [-0.39, 0.29) is 5.91 Å². The largest absolute Gasteiger partial charge is 0.480 e. The summed E-state index contributed by atoms with van der Waals surface area (Å²) in [6, 6.07) is 3.34. The number of nitrogens with two attached hydrogens (primary N) is 1. The Morgan fingerprint density at radius 3 is 3.06 bits per heavy atom. The highest BCUT2D eigenvalue weighted by Crippen LogP contribution is 2.12. The molecule has 0 spiro atoms. The molecule has 0 saturated carbocycles. The summed E-state index contributed by atoms with van der Waals surface area (Å²) < 4.78 is 10.1. The van der Waals surface area contributed by atoms with Gasteiger partial charge in [-0.25, -0.2) is 4.98 Å². The third-order valence-electron chi connectivity index (χ3n) is 2.00. The third kappa shape index (κ3) is 4.38. The molecule has 0 aliphatic carbocycles. The number of aromatic nitrogens is 1. The molecule has 0 atom stereocenters. The van der Waals surface area contributed by atoms with Gasteiger partial charge in [-0.05, 0) is 12.1 Å². The maximum Gasteiger partial charge on any atom is 0.256 e. The second-order valence-corrected chi connectivity index (χ2v) is 3.22. The first kappa shape index (κ1) is 13.4. The molecule has 3 N–H and O–H groups in total. The Labute approximate surface area is 100 Å². The van der Waals surface area contributed by atoms with Crippen molar-refractivity contribution in [2.45, 2.75) is 0 Å². The monoisotopic (exact) mass is 239 g/mol. The van der Waals surface area contributed by atoms with E-state index in [0.29, 0.717) is 37.7 Å². The number of amides is 1. The predicted octanol–water partition coefficient (Wildman–Crippen LogP) is -0.205. The Balaban J connectivity index is 2.41. The molecular weight excluding hydrogens is 222 g/mol. The Kier molecular flexibility index (Phi) is 5.98. The number of nitrogens with zero attached hydrogens (tertiary/aromatic N) is 1. The molecule has 1 aromatic rings. The minimum absolute atomic E-state index is 0.230. The highest BCUT2D eigenvalue weighted by molar-refractivity contribution is 5.96. The van der Waals surface area contributed by atoms with Crippen LogP contribution in [-0.4, -0.2) is 44.3 Å². The second-order valence-electron chi connectivity index (χ2n) is 3.22. The number of pyridine rings is 1. The van der Waals surface area contributed by atoms with Crippen LogP contribution in [0.4, 0.5) is 0 Å². The summed E-state index contributed by atoms with van der Waals surface area (Å²) >= 11 is 0. The molecule has 6 heteroatoms. The van der Waals surface area contributed by atoms with Crippen molar-refractivity contribution in [1.29, 1.82) is 0 Å². The first-order valence-electron chi connectivity index (χ1n) is 5.34. The number of ether oxygens (including phenoxy) is 2. The highest BCUT2D eigenvalue weighted by atomic mass is 16.5. The van der Waals surface area contributed by atoms with E-state index >= 15 is 0 Å². The van der Waals surface area contributed by atoms with Crippen molar-refractivity contribution in [3.63, 3.8) is 0 Å². The SMILES string of the molecule is COc1ncccc1C(=O)NCCOCCN. The van der Waals surface area contributed by atoms with Crippen LogP contribution in [0, 0.1) is 0 Å². The van der Waals surface area contributed by atoms with Gasteiger partial charge in [0.1, 0.15) is 5.56 Å². The van der Waals surface area contributed by atoms with Gasteiger partial charge in [0.05, 0.1) is 20.3 Å². The average Bonchev–Trinajstić information content (AvgIpc) is 2.38. The third-order valence-corrected chi connectivity index (χ3v) is 2.00. The zero-order chi connectivity index (χ0) is 12.5. The lowest BCUT2D eigenvalue weighted by molar-refractivity contribution is 0.0916. The average molecular weight is 239 g/mol. The van der Waals surface area contributed by atoms with Crippen LogP contribution in [0.2, 0.25) is 0 Å². The van der Waals surface area contributed by atoms with Gasteiger partial charge in [-0.1, -0.05) is 0 Å². The van der Waals surface area contributed by atoms with E-state index in [2.05, 4.69) is 10.3 Å². The molecular formula is C11H17N3O3. The van der Waals surface area contributed by atoms with Crippen molar-refractivity contribution in [3.05, 3.63) is 23.9 Å². The van der Waals surface area contributed by atoms with E-state index in [1.54, 1.807) is 18.3 Å². The van der Waals surface area contributed by atoms with Gasteiger partial charge in [-0.15, -0.1) is 0 Å². The minimum atomic E-state index is -0.230. The Bertz CT molecular complexity index is 358. The van der Waals surface area contributed by atoms with Gasteiger partial charge < -0.3 is 20.5 Å². The number of nitrogens with one attached hydrogen (secondary N) is 1. The van der Waals surface area contributed by atoms with Gasteiger partial charge in [0.25, 0.3) is 5.91 Å². The van der Waals surface area contributed by atoms with Crippen molar-refractivity contribution in [3.8, 4) is 5.88 Å². The Morgan fingerprint density at radius 1 is 1.53 bits per heavy atom. The van der Waals surface area contributed by atoms with Crippen molar-refractivity contribution < 1.29 is 14.3 Å². The standard InChI is InChI=1S/C11H17N3O3/c1-16-11-9(3-2-5-14-11)10(15)13-6-8-17-7-4-12/h2-3,5H,4,6-8,12H2,1H3,(H,13,15). The smallest absolute Gasteiger partial charge is 0.256 e. The predicted molar refractivity (Wildman–Crippen MR) is 63.0 cm³/mol. The van der Waals surface area contributed by atoms with Gasteiger partial charge in [0.15, 0.2) is 0 Å². The van der Waals surface area contributed by atoms with Crippen LogP contribution >= 0.6 is 0 Å². The van der Waals surface area contributed by atoms with Crippen LogP contribution in [0.5, 0.6) is 5.88 Å². The van der Waals surface area contributed by atoms with Gasteiger partial charge in [-0.2, -0.15) is 0 Å². The van der Waals surface area contributed by atoms with Gasteiger partial charge >= 0.3 is 0 Å². The molecule has 6 nitrogen and oxygen atoms in total. The summed E-state index contributed by atoms with van der Waals surface area (Å²) in [4.78, 5) is 15.7. The van der Waals surface area contributed by atoms with Crippen molar-refractivity contribution in [2.75, 3.05) is 33.4 Å². The number of methoxy groups -OCH3 is 1. The Hall–Kier alpha value is -1.66. The topological polar surface area (TPSA) is 86.5 Å². The zero-order valence-corrected chi connectivity index (χ0v) is 9.81. The molecule has 0 radical (unpaired) electrons. The summed E-state index contributed by atoms with van der Waals surface area (Å²) in [6.07, 6.45) is 1.57. The van der Waals surface area contributed by atoms with Crippen molar-refractivity contribution in [1.82, 2.24) is 10.3 Å². The lowest BCUT2D eigenvalue weighted by Gasteiger charge is -2.08. The number of rotatable bonds is 7. The summed E-state index contributed by atoms with van der Waals surface area (Å²) in [6.45, 7) is 1.83. The number of hydrogen-bond donors (Lipinski definition) is 2. The van der Waals surface area contributed by atoms with Gasteiger partial charge in [-0.3, -0.25) is 4.79 Å². The summed E-state index contributed by atoms with van der Waals surface area (Å²) in [5.41, 5.74) is 5.67. The summed E-state index contributed by atoms with van der Waals surface area (Å²) in [5, 5.41) is 2.71. The van der Waals surface area contributed by atoms with Crippen molar-refractivity contribution >= 4 is 5.91 Å². The van der Waals surface area contributed by atoms with Crippen LogP contribution in [0.1, 0.15) is 10.4 Å². The molecule has 0 bridgehead atoms.